The van der Waals surface area contributed by atoms with E-state index in [0.29, 0.717) is 6.42 Å². The molecule has 0 saturated heterocycles. The van der Waals surface area contributed by atoms with Gasteiger partial charge in [-0.25, -0.2) is 0 Å². The minimum atomic E-state index is -0.121. The van der Waals surface area contributed by atoms with Crippen LogP contribution in [0.1, 0.15) is 66.7 Å². The van der Waals surface area contributed by atoms with Gasteiger partial charge in [0.05, 0.1) is 0 Å². The molecule has 0 fully saturated rings. The Bertz CT molecular complexity index is 221. The molecule has 0 heterocycles. The highest BCUT2D eigenvalue weighted by Gasteiger charge is 2.13. The Kier molecular flexibility index (Phi) is 9.08. The maximum absolute atomic E-state index is 11.6. The first kappa shape index (κ1) is 17.4. The Hall–Kier alpha value is -0.570. The summed E-state index contributed by atoms with van der Waals surface area (Å²) < 4.78 is 0. The zero-order valence-electron chi connectivity index (χ0n) is 12.9. The topological polar surface area (TPSA) is 41.1 Å². The molecule has 3 nitrogen and oxygen atoms in total. The molecule has 2 N–H and O–H groups in total. The average Bonchev–Trinajstić information content (AvgIpc) is 2.26. The Labute approximate surface area is 113 Å². The zero-order chi connectivity index (χ0) is 14.0. The first-order chi connectivity index (χ1) is 8.39. The third kappa shape index (κ3) is 10.6. The molecule has 18 heavy (non-hydrogen) atoms. The third-order valence-electron chi connectivity index (χ3n) is 3.02. The average molecular weight is 256 g/mol. The van der Waals surface area contributed by atoms with Crippen molar-refractivity contribution in [1.29, 1.82) is 0 Å². The summed E-state index contributed by atoms with van der Waals surface area (Å²) in [4.78, 5) is 11.6. The van der Waals surface area contributed by atoms with Gasteiger partial charge in [-0.15, -0.1) is 0 Å². The maximum atomic E-state index is 11.6. The molecule has 1 amide bonds. The van der Waals surface area contributed by atoms with Gasteiger partial charge in [0.2, 0.25) is 5.91 Å². The third-order valence-corrected chi connectivity index (χ3v) is 3.02. The molecule has 0 radical (unpaired) electrons. The van der Waals surface area contributed by atoms with E-state index in [9.17, 15) is 4.79 Å². The van der Waals surface area contributed by atoms with Crippen LogP contribution in [0, 0.1) is 5.92 Å². The molecule has 1 atom stereocenters. The number of carbonyl (C=O) groups is 1. The fourth-order valence-electron chi connectivity index (χ4n) is 1.93. The predicted octanol–water partition coefficient (Wildman–Crippen LogP) is 3.10. The minimum Gasteiger partial charge on any atom is -0.351 e. The lowest BCUT2D eigenvalue weighted by Crippen LogP contribution is -2.41. The van der Waals surface area contributed by atoms with Gasteiger partial charge in [0, 0.05) is 18.5 Å². The van der Waals surface area contributed by atoms with Gasteiger partial charge >= 0.3 is 0 Å². The standard InChI is InChI=1S/C15H32N2O/c1-6-8-9-13(7-2)12-16-11-10-14(18)17-15(3,4)5/h13,16H,6-12H2,1-5H3,(H,17,18). The fraction of sp³-hybridized carbons (Fsp3) is 0.933. The normalized spacial score (nSPS) is 13.4. The highest BCUT2D eigenvalue weighted by atomic mass is 16.1. The lowest BCUT2D eigenvalue weighted by Gasteiger charge is -2.21. The van der Waals surface area contributed by atoms with Crippen LogP contribution in [0.25, 0.3) is 0 Å². The quantitative estimate of drug-likeness (QED) is 0.622. The molecule has 0 spiro atoms. The molecule has 0 aromatic rings. The van der Waals surface area contributed by atoms with Crippen molar-refractivity contribution in [3.8, 4) is 0 Å². The van der Waals surface area contributed by atoms with Crippen molar-refractivity contribution in [2.45, 2.75) is 72.3 Å². The van der Waals surface area contributed by atoms with Crippen molar-refractivity contribution < 1.29 is 4.79 Å². The maximum Gasteiger partial charge on any atom is 0.221 e. The molecule has 3 heteroatoms. The molecule has 0 aromatic heterocycles. The lowest BCUT2D eigenvalue weighted by atomic mass is 9.99. The van der Waals surface area contributed by atoms with Crippen LogP contribution in [0.4, 0.5) is 0 Å². The zero-order valence-corrected chi connectivity index (χ0v) is 12.9. The van der Waals surface area contributed by atoms with E-state index < -0.39 is 0 Å². The molecule has 0 bridgehead atoms. The number of unbranched alkanes of at least 4 members (excludes halogenated alkanes) is 1. The summed E-state index contributed by atoms with van der Waals surface area (Å²) in [6.45, 7) is 12.3. The highest BCUT2D eigenvalue weighted by Crippen LogP contribution is 2.11. The van der Waals surface area contributed by atoms with Gasteiger partial charge in [0.15, 0.2) is 0 Å². The second-order valence-electron chi connectivity index (χ2n) is 6.17. The number of hydrogen-bond donors (Lipinski definition) is 2. The van der Waals surface area contributed by atoms with Crippen LogP contribution in [0.15, 0.2) is 0 Å². The molecule has 0 aromatic carbocycles. The summed E-state index contributed by atoms with van der Waals surface area (Å²) in [7, 11) is 0. The van der Waals surface area contributed by atoms with Crippen molar-refractivity contribution in [3.63, 3.8) is 0 Å². The fourth-order valence-corrected chi connectivity index (χ4v) is 1.93. The summed E-state index contributed by atoms with van der Waals surface area (Å²) in [6.07, 6.45) is 5.67. The van der Waals surface area contributed by atoms with Crippen LogP contribution in [0.5, 0.6) is 0 Å². The van der Waals surface area contributed by atoms with Crippen molar-refractivity contribution in [2.75, 3.05) is 13.1 Å². The first-order valence-corrected chi connectivity index (χ1v) is 7.40. The monoisotopic (exact) mass is 256 g/mol. The Morgan fingerprint density at radius 1 is 1.22 bits per heavy atom. The molecular formula is C15H32N2O. The van der Waals surface area contributed by atoms with E-state index in [4.69, 9.17) is 0 Å². The van der Waals surface area contributed by atoms with Gasteiger partial charge in [-0.1, -0.05) is 33.1 Å². The second-order valence-corrected chi connectivity index (χ2v) is 6.17. The van der Waals surface area contributed by atoms with Gasteiger partial charge in [0.25, 0.3) is 0 Å². The molecule has 0 aliphatic rings. The summed E-state index contributed by atoms with van der Waals surface area (Å²) in [5, 5.41) is 6.38. The molecular weight excluding hydrogens is 224 g/mol. The lowest BCUT2D eigenvalue weighted by molar-refractivity contribution is -0.122. The Morgan fingerprint density at radius 2 is 1.89 bits per heavy atom. The van der Waals surface area contributed by atoms with Crippen LogP contribution in [0.3, 0.4) is 0 Å². The van der Waals surface area contributed by atoms with Crippen molar-refractivity contribution in [1.82, 2.24) is 10.6 Å². The summed E-state index contributed by atoms with van der Waals surface area (Å²) in [5.74, 6) is 0.896. The van der Waals surface area contributed by atoms with Crippen molar-refractivity contribution in [2.24, 2.45) is 5.92 Å². The molecule has 1 unspecified atom stereocenters. The summed E-state index contributed by atoms with van der Waals surface area (Å²) in [5.41, 5.74) is -0.121. The van der Waals surface area contributed by atoms with Gasteiger partial charge in [-0.2, -0.15) is 0 Å². The molecule has 108 valence electrons. The van der Waals surface area contributed by atoms with Gasteiger partial charge in [-0.3, -0.25) is 4.79 Å². The van der Waals surface area contributed by atoms with Gasteiger partial charge in [0.1, 0.15) is 0 Å². The summed E-state index contributed by atoms with van der Waals surface area (Å²) >= 11 is 0. The number of nitrogens with one attached hydrogen (secondary N) is 2. The number of hydrogen-bond acceptors (Lipinski definition) is 2. The van der Waals surface area contributed by atoms with E-state index in [1.54, 1.807) is 0 Å². The number of amides is 1. The van der Waals surface area contributed by atoms with E-state index in [1.807, 2.05) is 20.8 Å². The van der Waals surface area contributed by atoms with E-state index >= 15 is 0 Å². The number of rotatable bonds is 9. The van der Waals surface area contributed by atoms with E-state index in [1.165, 1.54) is 25.7 Å². The van der Waals surface area contributed by atoms with Crippen LogP contribution >= 0.6 is 0 Å². The van der Waals surface area contributed by atoms with E-state index in [-0.39, 0.29) is 11.4 Å². The smallest absolute Gasteiger partial charge is 0.221 e. The van der Waals surface area contributed by atoms with Crippen LogP contribution in [0.2, 0.25) is 0 Å². The van der Waals surface area contributed by atoms with Crippen LogP contribution in [-0.2, 0) is 4.79 Å². The molecule has 0 rings (SSSR count). The molecule has 0 aliphatic carbocycles. The minimum absolute atomic E-state index is 0.121. The Balaban J connectivity index is 3.62. The molecule has 0 saturated carbocycles. The van der Waals surface area contributed by atoms with E-state index in [0.717, 1.165) is 19.0 Å². The van der Waals surface area contributed by atoms with E-state index in [2.05, 4.69) is 24.5 Å². The van der Waals surface area contributed by atoms with Crippen LogP contribution < -0.4 is 10.6 Å². The van der Waals surface area contributed by atoms with Crippen LogP contribution in [-0.4, -0.2) is 24.5 Å². The Morgan fingerprint density at radius 3 is 2.39 bits per heavy atom. The largest absolute Gasteiger partial charge is 0.351 e. The SMILES string of the molecule is CCCCC(CC)CNCCC(=O)NC(C)(C)C. The van der Waals surface area contributed by atoms with Gasteiger partial charge < -0.3 is 10.6 Å². The summed E-state index contributed by atoms with van der Waals surface area (Å²) in [6, 6.07) is 0. The predicted molar refractivity (Wildman–Crippen MR) is 78.7 cm³/mol. The highest BCUT2D eigenvalue weighted by molar-refractivity contribution is 5.76. The first-order valence-electron chi connectivity index (χ1n) is 7.40. The van der Waals surface area contributed by atoms with Crippen molar-refractivity contribution >= 4 is 5.91 Å². The molecule has 0 aliphatic heterocycles. The number of carbonyl (C=O) groups excluding carboxylic acids is 1. The van der Waals surface area contributed by atoms with Crippen molar-refractivity contribution in [3.05, 3.63) is 0 Å². The van der Waals surface area contributed by atoms with Gasteiger partial charge in [-0.05, 0) is 39.7 Å². The second kappa shape index (κ2) is 9.37.